The Morgan fingerprint density at radius 3 is 3.17 bits per heavy atom. The maximum absolute atomic E-state index is 10.4. The van der Waals surface area contributed by atoms with E-state index in [1.54, 1.807) is 21.7 Å². The monoisotopic (exact) mass is 180 g/mol. The van der Waals surface area contributed by atoms with Gasteiger partial charge in [0.1, 0.15) is 0 Å². The largest absolute Gasteiger partial charge is 0.337 e. The van der Waals surface area contributed by atoms with Gasteiger partial charge in [-0.05, 0) is 5.57 Å². The molecular weight excluding hydrogens is 172 g/mol. The minimum absolute atomic E-state index is 0.702. The minimum Gasteiger partial charge on any atom is -0.337 e. The van der Waals surface area contributed by atoms with Crippen molar-refractivity contribution >= 4 is 23.3 Å². The van der Waals surface area contributed by atoms with Gasteiger partial charge in [0.2, 0.25) is 6.41 Å². The van der Waals surface area contributed by atoms with Crippen molar-refractivity contribution in [2.45, 2.75) is 0 Å². The van der Waals surface area contributed by atoms with Crippen LogP contribution in [-0.4, -0.2) is 29.4 Å². The lowest BCUT2D eigenvalue weighted by atomic mass is 10.2. The molecule has 0 aromatic carbocycles. The van der Waals surface area contributed by atoms with Gasteiger partial charge >= 0.3 is 0 Å². The Hall–Kier alpha value is -1.16. The lowest BCUT2D eigenvalue weighted by Crippen LogP contribution is -2.17. The summed E-state index contributed by atoms with van der Waals surface area (Å²) >= 11 is 1.58. The molecular formula is C8H8N2OS. The van der Waals surface area contributed by atoms with Crippen LogP contribution in [0.2, 0.25) is 0 Å². The molecule has 0 N–H and O–H groups in total. The van der Waals surface area contributed by atoms with Crippen molar-refractivity contribution in [1.29, 1.82) is 0 Å². The fraction of sp³-hybridized carbons (Fsp3) is 0.250. The van der Waals surface area contributed by atoms with Gasteiger partial charge in [0.25, 0.3) is 0 Å². The molecule has 4 heteroatoms. The molecule has 0 aliphatic carbocycles. The molecule has 0 saturated carbocycles. The van der Waals surface area contributed by atoms with Gasteiger partial charge in [-0.15, -0.1) is 11.3 Å². The number of aromatic nitrogens is 1. The van der Waals surface area contributed by atoms with Crippen molar-refractivity contribution in [3.63, 3.8) is 0 Å². The van der Waals surface area contributed by atoms with E-state index >= 15 is 0 Å². The third-order valence-electron chi connectivity index (χ3n) is 1.86. The zero-order valence-electron chi connectivity index (χ0n) is 6.43. The van der Waals surface area contributed by atoms with E-state index in [0.29, 0.717) is 6.54 Å². The summed E-state index contributed by atoms with van der Waals surface area (Å²) in [6.07, 6.45) is 2.92. The van der Waals surface area contributed by atoms with Crippen LogP contribution in [0, 0.1) is 0 Å². The van der Waals surface area contributed by atoms with Crippen LogP contribution in [0.4, 0.5) is 0 Å². The third-order valence-corrected chi connectivity index (χ3v) is 2.44. The van der Waals surface area contributed by atoms with Crippen LogP contribution < -0.4 is 0 Å². The van der Waals surface area contributed by atoms with E-state index in [0.717, 1.165) is 24.2 Å². The molecule has 62 valence electrons. The first-order valence-electron chi connectivity index (χ1n) is 3.67. The Balaban J connectivity index is 2.14. The summed E-state index contributed by atoms with van der Waals surface area (Å²) in [6.45, 7) is 1.42. The second-order valence-electron chi connectivity index (χ2n) is 2.64. The van der Waals surface area contributed by atoms with Crippen LogP contribution in [0.5, 0.6) is 0 Å². The van der Waals surface area contributed by atoms with Crippen LogP contribution in [0.15, 0.2) is 17.0 Å². The summed E-state index contributed by atoms with van der Waals surface area (Å²) < 4.78 is 0. The Labute approximate surface area is 74.3 Å². The van der Waals surface area contributed by atoms with Gasteiger partial charge < -0.3 is 4.90 Å². The molecule has 0 saturated heterocycles. The lowest BCUT2D eigenvalue weighted by Gasteiger charge is -2.06. The van der Waals surface area contributed by atoms with E-state index in [-0.39, 0.29) is 0 Å². The van der Waals surface area contributed by atoms with Gasteiger partial charge in [-0.3, -0.25) is 4.79 Å². The number of thiazole rings is 1. The third kappa shape index (κ3) is 1.25. The van der Waals surface area contributed by atoms with E-state index in [9.17, 15) is 4.79 Å². The molecule has 1 aromatic rings. The standard InChI is InChI=1S/C8H8N2OS/c11-6-10-2-1-7(3-10)8-4-12-5-9-8/h1,4-6H,2-3H2. The Morgan fingerprint density at radius 2 is 2.58 bits per heavy atom. The Kier molecular flexibility index (Phi) is 1.91. The van der Waals surface area contributed by atoms with Crippen LogP contribution in [-0.2, 0) is 4.79 Å². The first-order chi connectivity index (χ1) is 5.90. The first kappa shape index (κ1) is 7.49. The Bertz CT molecular complexity index is 305. The number of nitrogens with zero attached hydrogens (tertiary/aromatic N) is 2. The molecule has 1 aliphatic heterocycles. The summed E-state index contributed by atoms with van der Waals surface area (Å²) in [5.74, 6) is 0. The molecule has 1 aromatic heterocycles. The maximum atomic E-state index is 10.4. The summed E-state index contributed by atoms with van der Waals surface area (Å²) in [5, 5.41) is 2.00. The van der Waals surface area contributed by atoms with Crippen molar-refractivity contribution < 1.29 is 4.79 Å². The SMILES string of the molecule is O=CN1CC=C(c2cscn2)C1. The number of hydrogen-bond acceptors (Lipinski definition) is 3. The van der Waals surface area contributed by atoms with Crippen molar-refractivity contribution in [1.82, 2.24) is 9.88 Å². The highest BCUT2D eigenvalue weighted by Gasteiger charge is 2.14. The smallest absolute Gasteiger partial charge is 0.210 e. The number of rotatable bonds is 2. The average Bonchev–Trinajstić information content (AvgIpc) is 2.75. The van der Waals surface area contributed by atoms with Gasteiger partial charge in [0.15, 0.2) is 0 Å². The van der Waals surface area contributed by atoms with E-state index < -0.39 is 0 Å². The van der Waals surface area contributed by atoms with Gasteiger partial charge in [-0.2, -0.15) is 0 Å². The van der Waals surface area contributed by atoms with Gasteiger partial charge in [-0.25, -0.2) is 4.98 Å². The molecule has 3 nitrogen and oxygen atoms in total. The second-order valence-corrected chi connectivity index (χ2v) is 3.36. The highest BCUT2D eigenvalue weighted by molar-refractivity contribution is 7.07. The minimum atomic E-state index is 0.702. The summed E-state index contributed by atoms with van der Waals surface area (Å²) in [6, 6.07) is 0. The fourth-order valence-corrected chi connectivity index (χ4v) is 1.79. The van der Waals surface area contributed by atoms with Crippen molar-refractivity contribution in [2.24, 2.45) is 0 Å². The normalized spacial score (nSPS) is 16.3. The molecule has 0 spiro atoms. The summed E-state index contributed by atoms with van der Waals surface area (Å²) in [4.78, 5) is 16.3. The lowest BCUT2D eigenvalue weighted by molar-refractivity contribution is -0.116. The molecule has 0 radical (unpaired) electrons. The summed E-state index contributed by atoms with van der Waals surface area (Å²) in [7, 11) is 0. The number of amides is 1. The maximum Gasteiger partial charge on any atom is 0.210 e. The molecule has 0 bridgehead atoms. The summed E-state index contributed by atoms with van der Waals surface area (Å²) in [5.41, 5.74) is 3.97. The molecule has 0 fully saturated rings. The van der Waals surface area contributed by atoms with E-state index in [1.165, 1.54) is 0 Å². The van der Waals surface area contributed by atoms with Crippen LogP contribution in [0.3, 0.4) is 0 Å². The molecule has 2 rings (SSSR count). The highest BCUT2D eigenvalue weighted by atomic mass is 32.1. The van der Waals surface area contributed by atoms with Crippen LogP contribution >= 0.6 is 11.3 Å². The number of carbonyl (C=O) groups excluding carboxylic acids is 1. The first-order valence-corrected chi connectivity index (χ1v) is 4.61. The zero-order chi connectivity index (χ0) is 8.39. The number of carbonyl (C=O) groups is 1. The van der Waals surface area contributed by atoms with Crippen LogP contribution in [0.25, 0.3) is 5.57 Å². The quantitative estimate of drug-likeness (QED) is 0.636. The van der Waals surface area contributed by atoms with Crippen LogP contribution in [0.1, 0.15) is 5.69 Å². The topological polar surface area (TPSA) is 33.2 Å². The average molecular weight is 180 g/mol. The fourth-order valence-electron chi connectivity index (χ4n) is 1.21. The van der Waals surface area contributed by atoms with E-state index in [4.69, 9.17) is 0 Å². The molecule has 0 unspecified atom stereocenters. The van der Waals surface area contributed by atoms with Gasteiger partial charge in [-0.1, -0.05) is 6.08 Å². The predicted octanol–water partition coefficient (Wildman–Crippen LogP) is 0.999. The molecule has 1 amide bonds. The Morgan fingerprint density at radius 1 is 1.67 bits per heavy atom. The molecule has 2 heterocycles. The zero-order valence-corrected chi connectivity index (χ0v) is 7.25. The van der Waals surface area contributed by atoms with E-state index in [2.05, 4.69) is 4.98 Å². The van der Waals surface area contributed by atoms with E-state index in [1.807, 2.05) is 11.5 Å². The number of hydrogen-bond donors (Lipinski definition) is 0. The van der Waals surface area contributed by atoms with Crippen molar-refractivity contribution in [3.05, 3.63) is 22.7 Å². The highest BCUT2D eigenvalue weighted by Crippen LogP contribution is 2.19. The van der Waals surface area contributed by atoms with Crippen molar-refractivity contribution in [3.8, 4) is 0 Å². The predicted molar refractivity (Wildman–Crippen MR) is 47.7 cm³/mol. The second kappa shape index (κ2) is 3.06. The molecule has 0 atom stereocenters. The van der Waals surface area contributed by atoms with Gasteiger partial charge in [0.05, 0.1) is 11.2 Å². The molecule has 12 heavy (non-hydrogen) atoms. The van der Waals surface area contributed by atoms with Gasteiger partial charge in [0, 0.05) is 18.5 Å². The van der Waals surface area contributed by atoms with Crippen molar-refractivity contribution in [2.75, 3.05) is 13.1 Å². The molecule has 1 aliphatic rings.